The highest BCUT2D eigenvalue weighted by Gasteiger charge is 2.35. The van der Waals surface area contributed by atoms with Crippen molar-refractivity contribution in [1.82, 2.24) is 5.32 Å². The van der Waals surface area contributed by atoms with Crippen molar-refractivity contribution in [2.24, 2.45) is 11.3 Å². The zero-order valence-electron chi connectivity index (χ0n) is 14.6. The van der Waals surface area contributed by atoms with Crippen LogP contribution >= 0.6 is 0 Å². The van der Waals surface area contributed by atoms with Gasteiger partial charge in [-0.2, -0.15) is 0 Å². The Kier molecular flexibility index (Phi) is 6.49. The van der Waals surface area contributed by atoms with Gasteiger partial charge in [-0.1, -0.05) is 20.8 Å². The van der Waals surface area contributed by atoms with Gasteiger partial charge in [0.1, 0.15) is 0 Å². The number of hydrogen-bond donors (Lipinski definition) is 1. The van der Waals surface area contributed by atoms with Crippen LogP contribution in [0, 0.1) is 11.3 Å². The molecule has 1 saturated carbocycles. The molecule has 0 aliphatic heterocycles. The molecule has 3 nitrogen and oxygen atoms in total. The Balaban J connectivity index is 2.43. The maximum atomic E-state index is 6.12. The van der Waals surface area contributed by atoms with Gasteiger partial charge in [-0.15, -0.1) is 0 Å². The van der Waals surface area contributed by atoms with Crippen molar-refractivity contribution < 1.29 is 9.47 Å². The minimum atomic E-state index is -0.0771. The molecule has 0 aromatic rings. The molecular weight excluding hydrogens is 250 g/mol. The number of rotatable bonds is 5. The van der Waals surface area contributed by atoms with E-state index in [1.54, 1.807) is 0 Å². The van der Waals surface area contributed by atoms with Crippen LogP contribution in [0.4, 0.5) is 0 Å². The lowest BCUT2D eigenvalue weighted by Gasteiger charge is -2.41. The molecule has 3 heteroatoms. The van der Waals surface area contributed by atoms with Gasteiger partial charge in [0.2, 0.25) is 0 Å². The largest absolute Gasteiger partial charge is 0.374 e. The van der Waals surface area contributed by atoms with Crippen LogP contribution < -0.4 is 5.32 Å². The van der Waals surface area contributed by atoms with Crippen LogP contribution in [0.2, 0.25) is 0 Å². The Labute approximate surface area is 125 Å². The summed E-state index contributed by atoms with van der Waals surface area (Å²) in [5.41, 5.74) is 0.300. The third-order valence-electron chi connectivity index (χ3n) is 4.34. The van der Waals surface area contributed by atoms with Gasteiger partial charge in [0.25, 0.3) is 0 Å². The molecule has 0 radical (unpaired) electrons. The Morgan fingerprint density at radius 2 is 1.65 bits per heavy atom. The average Bonchev–Trinajstić information content (AvgIpc) is 2.32. The molecule has 0 heterocycles. The minimum Gasteiger partial charge on any atom is -0.374 e. The first kappa shape index (κ1) is 17.9. The molecule has 1 aliphatic carbocycles. The second-order valence-corrected chi connectivity index (χ2v) is 8.14. The van der Waals surface area contributed by atoms with Crippen molar-refractivity contribution in [2.45, 2.75) is 78.6 Å². The topological polar surface area (TPSA) is 30.5 Å². The van der Waals surface area contributed by atoms with E-state index in [4.69, 9.17) is 9.47 Å². The Hall–Kier alpha value is -0.120. The Morgan fingerprint density at radius 1 is 1.00 bits per heavy atom. The van der Waals surface area contributed by atoms with Crippen molar-refractivity contribution in [3.8, 4) is 0 Å². The molecule has 1 rings (SSSR count). The van der Waals surface area contributed by atoms with Crippen LogP contribution in [0.15, 0.2) is 0 Å². The Morgan fingerprint density at radius 3 is 2.15 bits per heavy atom. The van der Waals surface area contributed by atoms with Gasteiger partial charge in [0.15, 0.2) is 0 Å². The fourth-order valence-electron chi connectivity index (χ4n) is 2.98. The van der Waals surface area contributed by atoms with Crippen LogP contribution in [0.1, 0.15) is 60.8 Å². The van der Waals surface area contributed by atoms with Crippen LogP contribution in [-0.2, 0) is 9.47 Å². The lowest BCUT2D eigenvalue weighted by Crippen LogP contribution is -2.46. The maximum absolute atomic E-state index is 6.12. The fourth-order valence-corrected chi connectivity index (χ4v) is 2.98. The third-order valence-corrected chi connectivity index (χ3v) is 4.34. The first-order valence-corrected chi connectivity index (χ1v) is 8.06. The molecule has 1 fully saturated rings. The SMILES string of the molecule is CNC1CCC(C(C)(C)C)CC1OCCOC(C)(C)C. The van der Waals surface area contributed by atoms with E-state index in [0.29, 0.717) is 30.8 Å². The lowest BCUT2D eigenvalue weighted by molar-refractivity contribution is -0.0752. The molecule has 0 amide bonds. The molecule has 0 spiro atoms. The molecule has 1 N–H and O–H groups in total. The Bertz CT molecular complexity index is 278. The lowest BCUT2D eigenvalue weighted by atomic mass is 9.70. The van der Waals surface area contributed by atoms with E-state index in [1.807, 2.05) is 7.05 Å². The smallest absolute Gasteiger partial charge is 0.0731 e. The van der Waals surface area contributed by atoms with Gasteiger partial charge >= 0.3 is 0 Å². The van der Waals surface area contributed by atoms with Gasteiger partial charge in [0.05, 0.1) is 24.9 Å². The molecule has 0 bridgehead atoms. The molecule has 3 unspecified atom stereocenters. The van der Waals surface area contributed by atoms with Gasteiger partial charge in [0, 0.05) is 6.04 Å². The van der Waals surface area contributed by atoms with Crippen molar-refractivity contribution in [1.29, 1.82) is 0 Å². The number of hydrogen-bond acceptors (Lipinski definition) is 3. The van der Waals surface area contributed by atoms with E-state index in [0.717, 1.165) is 12.3 Å². The summed E-state index contributed by atoms with van der Waals surface area (Å²) in [6.45, 7) is 14.7. The van der Waals surface area contributed by atoms with Gasteiger partial charge in [-0.3, -0.25) is 0 Å². The number of ether oxygens (including phenoxy) is 2. The van der Waals surface area contributed by atoms with Crippen LogP contribution in [-0.4, -0.2) is 38.0 Å². The zero-order chi connectivity index (χ0) is 15.4. The molecule has 3 atom stereocenters. The fraction of sp³-hybridized carbons (Fsp3) is 1.00. The second-order valence-electron chi connectivity index (χ2n) is 8.14. The standard InChI is InChI=1S/C17H35NO2/c1-16(2,3)13-8-9-14(18-7)15(12-13)19-10-11-20-17(4,5)6/h13-15,18H,8-12H2,1-7H3. The van der Waals surface area contributed by atoms with E-state index < -0.39 is 0 Å². The van der Waals surface area contributed by atoms with E-state index in [-0.39, 0.29) is 5.60 Å². The summed E-state index contributed by atoms with van der Waals surface area (Å²) >= 11 is 0. The van der Waals surface area contributed by atoms with E-state index in [9.17, 15) is 0 Å². The average molecular weight is 285 g/mol. The summed E-state index contributed by atoms with van der Waals surface area (Å²) < 4.78 is 11.9. The van der Waals surface area contributed by atoms with Crippen molar-refractivity contribution in [3.63, 3.8) is 0 Å². The molecule has 1 aliphatic rings. The minimum absolute atomic E-state index is 0.0771. The summed E-state index contributed by atoms with van der Waals surface area (Å²) in [5, 5.41) is 3.42. The first-order chi connectivity index (χ1) is 9.13. The highest BCUT2D eigenvalue weighted by Crippen LogP contribution is 2.38. The van der Waals surface area contributed by atoms with E-state index >= 15 is 0 Å². The first-order valence-electron chi connectivity index (χ1n) is 8.06. The monoisotopic (exact) mass is 285 g/mol. The van der Waals surface area contributed by atoms with Crippen LogP contribution in [0.3, 0.4) is 0 Å². The summed E-state index contributed by atoms with van der Waals surface area (Å²) in [5.74, 6) is 0.751. The molecule has 0 aromatic heterocycles. The summed E-state index contributed by atoms with van der Waals surface area (Å²) in [4.78, 5) is 0. The third kappa shape index (κ3) is 6.11. The highest BCUT2D eigenvalue weighted by molar-refractivity contribution is 4.89. The molecule has 0 aromatic carbocycles. The summed E-state index contributed by atoms with van der Waals surface area (Å²) in [6.07, 6.45) is 3.99. The van der Waals surface area contributed by atoms with E-state index in [1.165, 1.54) is 12.8 Å². The van der Waals surface area contributed by atoms with Crippen LogP contribution in [0.5, 0.6) is 0 Å². The predicted molar refractivity (Wildman–Crippen MR) is 85.1 cm³/mol. The van der Waals surface area contributed by atoms with Crippen molar-refractivity contribution in [3.05, 3.63) is 0 Å². The van der Waals surface area contributed by atoms with Gasteiger partial charge < -0.3 is 14.8 Å². The second kappa shape index (κ2) is 7.24. The maximum Gasteiger partial charge on any atom is 0.0731 e. The van der Waals surface area contributed by atoms with Gasteiger partial charge in [-0.25, -0.2) is 0 Å². The summed E-state index contributed by atoms with van der Waals surface area (Å²) in [6, 6.07) is 0.489. The van der Waals surface area contributed by atoms with Gasteiger partial charge in [-0.05, 0) is 58.4 Å². The number of likely N-dealkylation sites (N-methyl/N-ethyl adjacent to an activating group) is 1. The molecule has 0 saturated heterocycles. The summed E-state index contributed by atoms with van der Waals surface area (Å²) in [7, 11) is 2.05. The molecular formula is C17H35NO2. The quantitative estimate of drug-likeness (QED) is 0.783. The van der Waals surface area contributed by atoms with Crippen molar-refractivity contribution >= 4 is 0 Å². The molecule has 20 heavy (non-hydrogen) atoms. The zero-order valence-corrected chi connectivity index (χ0v) is 14.6. The number of nitrogens with one attached hydrogen (secondary N) is 1. The normalized spacial score (nSPS) is 28.6. The highest BCUT2D eigenvalue weighted by atomic mass is 16.5. The van der Waals surface area contributed by atoms with Crippen molar-refractivity contribution in [2.75, 3.05) is 20.3 Å². The predicted octanol–water partition coefficient (Wildman–Crippen LogP) is 3.62. The molecule has 120 valence electrons. The van der Waals surface area contributed by atoms with E-state index in [2.05, 4.69) is 46.9 Å². The van der Waals surface area contributed by atoms with Crippen LogP contribution in [0.25, 0.3) is 0 Å².